The number of aliphatic carboxylic acids is 1. The second-order valence-electron chi connectivity index (χ2n) is 4.98. The van der Waals surface area contributed by atoms with Crippen LogP contribution in [-0.2, 0) is 9.59 Å². The number of aryl methyl sites for hydroxylation is 1. The third-order valence-electron chi connectivity index (χ3n) is 3.45. The second-order valence-corrected chi connectivity index (χ2v) is 4.98. The number of rotatable bonds is 4. The third-order valence-corrected chi connectivity index (χ3v) is 3.45. The summed E-state index contributed by atoms with van der Waals surface area (Å²) < 4.78 is 13.4. The van der Waals surface area contributed by atoms with Gasteiger partial charge in [0, 0.05) is 5.69 Å². The topological polar surface area (TPSA) is 69.6 Å². The first-order valence-electron chi connectivity index (χ1n) is 6.50. The lowest BCUT2D eigenvalue weighted by Crippen LogP contribution is -2.40. The van der Waals surface area contributed by atoms with E-state index in [9.17, 15) is 14.0 Å². The number of likely N-dealkylation sites (tertiary alicyclic amines) is 1. The minimum Gasteiger partial charge on any atom is -0.480 e. The van der Waals surface area contributed by atoms with Crippen LogP contribution in [0, 0.1) is 12.7 Å². The Balaban J connectivity index is 1.95. The van der Waals surface area contributed by atoms with E-state index in [1.807, 2.05) is 0 Å². The first-order chi connectivity index (χ1) is 9.47. The zero-order chi connectivity index (χ0) is 14.7. The average molecular weight is 280 g/mol. The van der Waals surface area contributed by atoms with Crippen molar-refractivity contribution in [3.05, 3.63) is 29.6 Å². The monoisotopic (exact) mass is 280 g/mol. The van der Waals surface area contributed by atoms with Crippen molar-refractivity contribution in [1.82, 2.24) is 4.90 Å². The molecular formula is C14H17FN2O3. The van der Waals surface area contributed by atoms with E-state index in [2.05, 4.69) is 5.32 Å². The molecule has 0 spiro atoms. The van der Waals surface area contributed by atoms with E-state index >= 15 is 0 Å². The predicted molar refractivity (Wildman–Crippen MR) is 72.0 cm³/mol. The maximum Gasteiger partial charge on any atom is 0.320 e. The Labute approximate surface area is 116 Å². The van der Waals surface area contributed by atoms with Crippen LogP contribution in [0.15, 0.2) is 18.2 Å². The number of carbonyl (C=O) groups excluding carboxylic acids is 1. The highest BCUT2D eigenvalue weighted by Gasteiger charge is 2.31. The van der Waals surface area contributed by atoms with Gasteiger partial charge in [0.25, 0.3) is 0 Å². The van der Waals surface area contributed by atoms with Crippen molar-refractivity contribution in [2.45, 2.75) is 25.8 Å². The molecule has 1 saturated heterocycles. The Bertz CT molecular complexity index is 533. The molecule has 0 aromatic heterocycles. The minimum absolute atomic E-state index is 0.00641. The molecule has 6 heteroatoms. The van der Waals surface area contributed by atoms with Gasteiger partial charge in [0.05, 0.1) is 6.54 Å². The van der Waals surface area contributed by atoms with Gasteiger partial charge in [-0.1, -0.05) is 6.07 Å². The highest BCUT2D eigenvalue weighted by molar-refractivity contribution is 5.92. The lowest BCUT2D eigenvalue weighted by Gasteiger charge is -2.20. The van der Waals surface area contributed by atoms with Gasteiger partial charge in [-0.2, -0.15) is 0 Å². The summed E-state index contributed by atoms with van der Waals surface area (Å²) in [6.07, 6.45) is 1.32. The number of halogens is 1. The van der Waals surface area contributed by atoms with Crippen molar-refractivity contribution in [2.75, 3.05) is 18.4 Å². The molecule has 1 heterocycles. The van der Waals surface area contributed by atoms with Crippen LogP contribution in [0.25, 0.3) is 0 Å². The van der Waals surface area contributed by atoms with Gasteiger partial charge in [0.1, 0.15) is 11.9 Å². The van der Waals surface area contributed by atoms with E-state index in [4.69, 9.17) is 5.11 Å². The number of hydrogen-bond donors (Lipinski definition) is 2. The van der Waals surface area contributed by atoms with Crippen LogP contribution in [-0.4, -0.2) is 41.0 Å². The fourth-order valence-electron chi connectivity index (χ4n) is 2.35. The van der Waals surface area contributed by atoms with Gasteiger partial charge >= 0.3 is 5.97 Å². The van der Waals surface area contributed by atoms with Crippen molar-refractivity contribution in [1.29, 1.82) is 0 Å². The number of anilines is 1. The SMILES string of the molecule is Cc1ccc(NC(=O)CN2CCC[C@H]2C(=O)O)cc1F. The summed E-state index contributed by atoms with van der Waals surface area (Å²) in [6.45, 7) is 2.24. The molecule has 0 bridgehead atoms. The normalized spacial score (nSPS) is 19.0. The van der Waals surface area contributed by atoms with E-state index < -0.39 is 12.0 Å². The number of carbonyl (C=O) groups is 2. The second kappa shape index (κ2) is 6.00. The van der Waals surface area contributed by atoms with Crippen molar-refractivity contribution >= 4 is 17.6 Å². The summed E-state index contributed by atoms with van der Waals surface area (Å²) in [5.41, 5.74) is 0.887. The van der Waals surface area contributed by atoms with Crippen LogP contribution in [0.5, 0.6) is 0 Å². The summed E-state index contributed by atoms with van der Waals surface area (Å²) in [5, 5.41) is 11.6. The molecule has 20 heavy (non-hydrogen) atoms. The lowest BCUT2D eigenvalue weighted by molar-refractivity contribution is -0.142. The third kappa shape index (κ3) is 3.33. The van der Waals surface area contributed by atoms with Gasteiger partial charge in [-0.25, -0.2) is 4.39 Å². The van der Waals surface area contributed by atoms with E-state index in [1.165, 1.54) is 6.07 Å². The molecular weight excluding hydrogens is 263 g/mol. The fraction of sp³-hybridized carbons (Fsp3) is 0.429. The van der Waals surface area contributed by atoms with E-state index in [0.717, 1.165) is 6.42 Å². The molecule has 1 aliphatic rings. The maximum absolute atomic E-state index is 13.4. The molecule has 1 aliphatic heterocycles. The van der Waals surface area contributed by atoms with Crippen LogP contribution in [0.3, 0.4) is 0 Å². The number of carboxylic acid groups (broad SMARTS) is 1. The van der Waals surface area contributed by atoms with Crippen LogP contribution in [0.1, 0.15) is 18.4 Å². The molecule has 2 rings (SSSR count). The Hall–Kier alpha value is -1.95. The fourth-order valence-corrected chi connectivity index (χ4v) is 2.35. The molecule has 0 radical (unpaired) electrons. The summed E-state index contributed by atoms with van der Waals surface area (Å²) in [5.74, 6) is -1.62. The largest absolute Gasteiger partial charge is 0.480 e. The molecule has 1 aromatic rings. The maximum atomic E-state index is 13.4. The summed E-state index contributed by atoms with van der Waals surface area (Å²) in [6, 6.07) is 3.86. The van der Waals surface area contributed by atoms with Crippen LogP contribution in [0.4, 0.5) is 10.1 Å². The van der Waals surface area contributed by atoms with Crippen molar-refractivity contribution in [2.24, 2.45) is 0 Å². The smallest absolute Gasteiger partial charge is 0.320 e. The lowest BCUT2D eigenvalue weighted by atomic mass is 10.2. The van der Waals surface area contributed by atoms with Gasteiger partial charge < -0.3 is 10.4 Å². The Morgan fingerprint density at radius 2 is 2.25 bits per heavy atom. The van der Waals surface area contributed by atoms with E-state index in [-0.39, 0.29) is 18.3 Å². The molecule has 1 amide bonds. The van der Waals surface area contributed by atoms with Gasteiger partial charge in [-0.3, -0.25) is 14.5 Å². The Morgan fingerprint density at radius 1 is 1.50 bits per heavy atom. The van der Waals surface area contributed by atoms with Gasteiger partial charge in [-0.15, -0.1) is 0 Å². The van der Waals surface area contributed by atoms with Crippen LogP contribution in [0.2, 0.25) is 0 Å². The van der Waals surface area contributed by atoms with Crippen molar-refractivity contribution < 1.29 is 19.1 Å². The molecule has 1 aromatic carbocycles. The zero-order valence-electron chi connectivity index (χ0n) is 11.2. The number of nitrogens with zero attached hydrogens (tertiary/aromatic N) is 1. The number of benzene rings is 1. The van der Waals surface area contributed by atoms with Crippen molar-refractivity contribution in [3.63, 3.8) is 0 Å². The van der Waals surface area contributed by atoms with E-state index in [0.29, 0.717) is 24.2 Å². The first-order valence-corrected chi connectivity index (χ1v) is 6.50. The summed E-state index contributed by atoms with van der Waals surface area (Å²) in [7, 11) is 0. The molecule has 108 valence electrons. The Morgan fingerprint density at radius 3 is 2.90 bits per heavy atom. The molecule has 0 saturated carbocycles. The first kappa shape index (κ1) is 14.5. The van der Waals surface area contributed by atoms with Gasteiger partial charge in [0.2, 0.25) is 5.91 Å². The number of hydrogen-bond acceptors (Lipinski definition) is 3. The van der Waals surface area contributed by atoms with Crippen molar-refractivity contribution in [3.8, 4) is 0 Å². The average Bonchev–Trinajstić information content (AvgIpc) is 2.82. The van der Waals surface area contributed by atoms with Gasteiger partial charge in [0.15, 0.2) is 0 Å². The minimum atomic E-state index is -0.906. The number of carboxylic acids is 1. The van der Waals surface area contributed by atoms with Gasteiger partial charge in [-0.05, 0) is 44.0 Å². The Kier molecular flexibility index (Phi) is 4.34. The standard InChI is InChI=1S/C14H17FN2O3/c1-9-4-5-10(7-11(9)15)16-13(18)8-17-6-2-3-12(17)14(19)20/h4-5,7,12H,2-3,6,8H2,1H3,(H,16,18)(H,19,20)/t12-/m0/s1. The molecule has 5 nitrogen and oxygen atoms in total. The zero-order valence-corrected chi connectivity index (χ0v) is 11.2. The molecule has 0 unspecified atom stereocenters. The highest BCUT2D eigenvalue weighted by atomic mass is 19.1. The molecule has 1 atom stereocenters. The van der Waals surface area contributed by atoms with E-state index in [1.54, 1.807) is 24.0 Å². The van der Waals surface area contributed by atoms with Crippen LogP contribution < -0.4 is 5.32 Å². The number of amides is 1. The number of nitrogens with one attached hydrogen (secondary N) is 1. The highest BCUT2D eigenvalue weighted by Crippen LogP contribution is 2.18. The molecule has 1 fully saturated rings. The summed E-state index contributed by atoms with van der Waals surface area (Å²) in [4.78, 5) is 24.5. The quantitative estimate of drug-likeness (QED) is 0.879. The molecule has 2 N–H and O–H groups in total. The predicted octanol–water partition coefficient (Wildman–Crippen LogP) is 1.62. The summed E-state index contributed by atoms with van der Waals surface area (Å²) >= 11 is 0. The molecule has 0 aliphatic carbocycles. The van der Waals surface area contributed by atoms with Crippen LogP contribution >= 0.6 is 0 Å².